The van der Waals surface area contributed by atoms with Crippen molar-refractivity contribution in [2.75, 3.05) is 18.8 Å². The number of nitrogens with two attached hydrogens (primary N) is 1. The quantitative estimate of drug-likeness (QED) is 0.186. The van der Waals surface area contributed by atoms with E-state index in [4.69, 9.17) is 10.2 Å². The number of pyridine rings is 1. The molecule has 3 aromatic carbocycles. The molecule has 3 heterocycles. The van der Waals surface area contributed by atoms with E-state index in [1.165, 1.54) is 11.0 Å². The Morgan fingerprint density at radius 3 is 2.36 bits per heavy atom. The zero-order valence-corrected chi connectivity index (χ0v) is 24.0. The number of anilines is 1. The molecule has 0 radical (unpaired) electrons. The van der Waals surface area contributed by atoms with E-state index in [0.717, 1.165) is 38.8 Å². The summed E-state index contributed by atoms with van der Waals surface area (Å²) >= 11 is 0. The van der Waals surface area contributed by atoms with E-state index in [1.807, 2.05) is 54.6 Å². The number of hydrogen-bond acceptors (Lipinski definition) is 5. The summed E-state index contributed by atoms with van der Waals surface area (Å²) in [5.41, 5.74) is 11.4. The summed E-state index contributed by atoms with van der Waals surface area (Å²) in [5, 5.41) is 0.904. The van der Waals surface area contributed by atoms with Crippen LogP contribution in [-0.4, -0.2) is 40.6 Å². The molecule has 0 bridgehead atoms. The predicted molar refractivity (Wildman–Crippen MR) is 168 cm³/mol. The number of likely N-dealkylation sites (tertiary alicyclic amines) is 1. The lowest BCUT2D eigenvalue weighted by Gasteiger charge is -2.31. The van der Waals surface area contributed by atoms with E-state index in [2.05, 4.69) is 11.1 Å². The van der Waals surface area contributed by atoms with Crippen molar-refractivity contribution in [3.63, 3.8) is 0 Å². The third-order valence-corrected chi connectivity index (χ3v) is 7.89. The largest absolute Gasteiger partial charge is 0.460 e. The van der Waals surface area contributed by atoms with Crippen molar-refractivity contribution in [3.8, 4) is 22.3 Å². The summed E-state index contributed by atoms with van der Waals surface area (Å²) in [6, 6.07) is 26.7. The first-order chi connectivity index (χ1) is 21.2. The molecule has 0 atom stereocenters. The molecular formula is C36H31F2N3O3. The molecule has 0 unspecified atom stereocenters. The number of halogens is 2. The molecule has 44 heavy (non-hydrogen) atoms. The van der Waals surface area contributed by atoms with Crippen LogP contribution in [0.2, 0.25) is 0 Å². The Morgan fingerprint density at radius 2 is 1.66 bits per heavy atom. The zero-order chi connectivity index (χ0) is 30.7. The number of hydrogen-bond donors (Lipinski definition) is 1. The normalized spacial score (nSPS) is 14.7. The molecule has 2 N–H and O–H groups in total. The number of alkyl halides is 2. The van der Waals surface area contributed by atoms with Crippen LogP contribution in [0.25, 0.3) is 39.3 Å². The molecule has 0 aliphatic carbocycles. The summed E-state index contributed by atoms with van der Waals surface area (Å²) < 4.78 is 33.4. The van der Waals surface area contributed by atoms with E-state index in [9.17, 15) is 18.4 Å². The van der Waals surface area contributed by atoms with Crippen LogP contribution in [0.15, 0.2) is 102 Å². The van der Waals surface area contributed by atoms with Crippen molar-refractivity contribution < 1.29 is 22.8 Å². The molecule has 222 valence electrons. The number of furan rings is 1. The van der Waals surface area contributed by atoms with Gasteiger partial charge in [0.15, 0.2) is 5.78 Å². The number of allylic oxidation sites excluding steroid dienone is 1. The Morgan fingerprint density at radius 1 is 0.909 bits per heavy atom. The Hall–Kier alpha value is -5.11. The third-order valence-electron chi connectivity index (χ3n) is 7.89. The maximum absolute atomic E-state index is 13.6. The van der Waals surface area contributed by atoms with Crippen LogP contribution >= 0.6 is 0 Å². The number of nitrogen functional groups attached to an aromatic ring is 1. The highest BCUT2D eigenvalue weighted by atomic mass is 19.3. The number of aryl methyl sites for hydroxylation is 1. The number of carbonyl (C=O) groups excluding carboxylic acids is 2. The van der Waals surface area contributed by atoms with Crippen molar-refractivity contribution >= 4 is 34.6 Å². The second-order valence-electron chi connectivity index (χ2n) is 11.1. The van der Waals surface area contributed by atoms with Crippen LogP contribution in [0.3, 0.4) is 0 Å². The van der Waals surface area contributed by atoms with E-state index in [-0.39, 0.29) is 44.0 Å². The average Bonchev–Trinajstić information content (AvgIpc) is 3.46. The van der Waals surface area contributed by atoms with Crippen LogP contribution in [0.5, 0.6) is 0 Å². The van der Waals surface area contributed by atoms with Gasteiger partial charge >= 0.3 is 0 Å². The lowest BCUT2D eigenvalue weighted by molar-refractivity contribution is -0.114. The minimum Gasteiger partial charge on any atom is -0.460 e. The van der Waals surface area contributed by atoms with Crippen molar-refractivity contribution in [2.45, 2.75) is 31.6 Å². The molecule has 6 nitrogen and oxygen atoms in total. The minimum absolute atomic E-state index is 0.0286. The summed E-state index contributed by atoms with van der Waals surface area (Å²) in [7, 11) is 0. The Balaban J connectivity index is 1.23. The highest BCUT2D eigenvalue weighted by Gasteiger charge is 2.35. The number of ketones is 1. The van der Waals surface area contributed by atoms with Gasteiger partial charge in [0.05, 0.1) is 0 Å². The minimum atomic E-state index is -2.70. The van der Waals surface area contributed by atoms with Gasteiger partial charge in [0, 0.05) is 61.5 Å². The van der Waals surface area contributed by atoms with E-state index >= 15 is 0 Å². The predicted octanol–water partition coefficient (Wildman–Crippen LogP) is 7.83. The first-order valence-corrected chi connectivity index (χ1v) is 14.6. The molecule has 6 rings (SSSR count). The lowest BCUT2D eigenvalue weighted by atomic mass is 9.96. The van der Waals surface area contributed by atoms with Gasteiger partial charge in [-0.05, 0) is 76.9 Å². The van der Waals surface area contributed by atoms with Gasteiger partial charge in [-0.1, -0.05) is 42.5 Å². The topological polar surface area (TPSA) is 89.4 Å². The van der Waals surface area contributed by atoms with Crippen LogP contribution < -0.4 is 5.73 Å². The number of carbonyl (C=O) groups is 2. The van der Waals surface area contributed by atoms with Crippen LogP contribution in [0, 0.1) is 0 Å². The second kappa shape index (κ2) is 12.2. The fourth-order valence-corrected chi connectivity index (χ4v) is 5.39. The maximum atomic E-state index is 13.6. The Bertz CT molecular complexity index is 1820. The Labute approximate surface area is 253 Å². The van der Waals surface area contributed by atoms with Crippen LogP contribution in [-0.2, 0) is 11.2 Å². The van der Waals surface area contributed by atoms with Gasteiger partial charge in [-0.15, -0.1) is 0 Å². The number of piperidine rings is 1. The summed E-state index contributed by atoms with van der Waals surface area (Å²) in [6.45, 7) is 0.102. The number of nitrogens with zero attached hydrogens (tertiary/aromatic N) is 2. The zero-order valence-electron chi connectivity index (χ0n) is 24.0. The molecule has 8 heteroatoms. The molecule has 1 aliphatic heterocycles. The molecule has 0 spiro atoms. The molecule has 1 amide bonds. The highest BCUT2D eigenvalue weighted by Crippen LogP contribution is 2.36. The average molecular weight is 592 g/mol. The van der Waals surface area contributed by atoms with Gasteiger partial charge in [0.2, 0.25) is 0 Å². The number of rotatable bonds is 8. The summed E-state index contributed by atoms with van der Waals surface area (Å²) in [5.74, 6) is -1.84. The molecule has 1 saturated heterocycles. The van der Waals surface area contributed by atoms with Gasteiger partial charge in [-0.25, -0.2) is 13.8 Å². The molecule has 0 saturated carbocycles. The van der Waals surface area contributed by atoms with Gasteiger partial charge in [-0.3, -0.25) is 9.59 Å². The number of aromatic nitrogens is 1. The van der Waals surface area contributed by atoms with Gasteiger partial charge in [-0.2, -0.15) is 0 Å². The second-order valence-corrected chi connectivity index (χ2v) is 11.1. The fourth-order valence-electron chi connectivity index (χ4n) is 5.39. The van der Waals surface area contributed by atoms with Gasteiger partial charge < -0.3 is 15.1 Å². The monoisotopic (exact) mass is 591 g/mol. The Kier molecular flexibility index (Phi) is 8.07. The van der Waals surface area contributed by atoms with Gasteiger partial charge in [0.25, 0.3) is 11.8 Å². The molecular weight excluding hydrogens is 560 g/mol. The third kappa shape index (κ3) is 6.59. The number of benzene rings is 3. The van der Waals surface area contributed by atoms with E-state index in [1.54, 1.807) is 36.5 Å². The molecule has 2 aromatic heterocycles. The maximum Gasteiger partial charge on any atom is 0.253 e. The lowest BCUT2D eigenvalue weighted by Crippen LogP contribution is -2.42. The van der Waals surface area contributed by atoms with E-state index < -0.39 is 5.92 Å². The highest BCUT2D eigenvalue weighted by molar-refractivity contribution is 5.98. The SMILES string of the molecule is Nc1ccc(/C=C/C(=O)CCc2cc3cc(-c4ccc(C(=O)N5CCC(F)(F)CC5)cc4)cc(-c4ccccc4)c3o2)cn1. The van der Waals surface area contributed by atoms with Crippen molar-refractivity contribution in [2.24, 2.45) is 0 Å². The first kappa shape index (κ1) is 29.0. The first-order valence-electron chi connectivity index (χ1n) is 14.6. The standard InChI is InChI=1S/C36H31F2N3O3/c37-36(38)16-18-41(19-17-36)35(43)27-10-8-25(9-11-27)28-20-29-21-31(44-34(29)32(22-28)26-4-2-1-3-5-26)14-13-30(42)12-6-24-7-15-33(39)40-23-24/h1-12,15,20-23H,13-14,16-19H2,(H2,39,40)/b12-6+. The smallest absolute Gasteiger partial charge is 0.253 e. The van der Waals surface area contributed by atoms with Crippen molar-refractivity contribution in [1.29, 1.82) is 0 Å². The van der Waals surface area contributed by atoms with Crippen LogP contribution in [0.1, 0.15) is 40.9 Å². The number of fused-ring (bicyclic) bond motifs is 1. The van der Waals surface area contributed by atoms with Crippen molar-refractivity contribution in [3.05, 3.63) is 114 Å². The van der Waals surface area contributed by atoms with Gasteiger partial charge in [0.1, 0.15) is 17.2 Å². The molecule has 1 fully saturated rings. The summed E-state index contributed by atoms with van der Waals surface area (Å²) in [4.78, 5) is 31.0. The number of amides is 1. The summed E-state index contributed by atoms with van der Waals surface area (Å²) in [6.07, 6.45) is 4.99. The van der Waals surface area contributed by atoms with E-state index in [0.29, 0.717) is 23.6 Å². The fraction of sp³-hybridized carbons (Fsp3) is 0.194. The van der Waals surface area contributed by atoms with Crippen molar-refractivity contribution in [1.82, 2.24) is 9.88 Å². The molecule has 5 aromatic rings. The van der Waals surface area contributed by atoms with Crippen LogP contribution in [0.4, 0.5) is 14.6 Å². The molecule has 1 aliphatic rings.